The molecule has 9 heteroatoms. The first-order valence-electron chi connectivity index (χ1n) is 8.80. The van der Waals surface area contributed by atoms with Crippen LogP contribution in [0.5, 0.6) is 0 Å². The minimum Gasteiger partial charge on any atom is -0.457 e. The van der Waals surface area contributed by atoms with E-state index < -0.39 is 10.0 Å². The van der Waals surface area contributed by atoms with Crippen LogP contribution in [0.25, 0.3) is 17.4 Å². The molecular formula is C21H16N2O4S3. The maximum Gasteiger partial charge on any atom is 0.296 e. The van der Waals surface area contributed by atoms with Crippen LogP contribution in [0.4, 0.5) is 10.5 Å². The summed E-state index contributed by atoms with van der Waals surface area (Å²) >= 11 is 6.56. The Morgan fingerprint density at radius 3 is 2.33 bits per heavy atom. The van der Waals surface area contributed by atoms with Crippen LogP contribution in [0.1, 0.15) is 11.3 Å². The second-order valence-electron chi connectivity index (χ2n) is 6.62. The van der Waals surface area contributed by atoms with Crippen molar-refractivity contribution in [2.75, 3.05) is 4.90 Å². The molecule has 0 radical (unpaired) electrons. The molecule has 4 rings (SSSR count). The highest BCUT2D eigenvalue weighted by Gasteiger charge is 2.33. The van der Waals surface area contributed by atoms with E-state index in [1.165, 1.54) is 17.0 Å². The molecule has 1 saturated heterocycles. The quantitative estimate of drug-likeness (QED) is 0.441. The van der Waals surface area contributed by atoms with Gasteiger partial charge in [-0.25, -0.2) is 13.6 Å². The molecule has 6 nitrogen and oxygen atoms in total. The summed E-state index contributed by atoms with van der Waals surface area (Å²) in [5.74, 6) is 1.09. The molecule has 2 aromatic carbocycles. The predicted octanol–water partition coefficient (Wildman–Crippen LogP) is 4.94. The van der Waals surface area contributed by atoms with E-state index in [1.807, 2.05) is 31.2 Å². The van der Waals surface area contributed by atoms with Crippen LogP contribution in [-0.4, -0.2) is 18.6 Å². The van der Waals surface area contributed by atoms with Crippen molar-refractivity contribution in [3.05, 3.63) is 76.9 Å². The first-order valence-corrected chi connectivity index (χ1v) is 11.6. The Bertz CT molecular complexity index is 1270. The van der Waals surface area contributed by atoms with Gasteiger partial charge in [0.05, 0.1) is 15.5 Å². The number of carbonyl (C=O) groups excluding carboxylic acids is 1. The van der Waals surface area contributed by atoms with Gasteiger partial charge in [-0.2, -0.15) is 0 Å². The van der Waals surface area contributed by atoms with Crippen LogP contribution < -0.4 is 10.0 Å². The van der Waals surface area contributed by atoms with Crippen LogP contribution in [0.2, 0.25) is 0 Å². The number of thiocarbonyl (C=S) groups is 1. The van der Waals surface area contributed by atoms with Crippen LogP contribution in [0, 0.1) is 6.92 Å². The van der Waals surface area contributed by atoms with E-state index in [9.17, 15) is 13.2 Å². The number of thioether (sulfide) groups is 1. The molecule has 1 amide bonds. The summed E-state index contributed by atoms with van der Waals surface area (Å²) in [6.45, 7) is 1.98. The number of amides is 1. The van der Waals surface area contributed by atoms with E-state index in [2.05, 4.69) is 0 Å². The fourth-order valence-corrected chi connectivity index (χ4v) is 4.68. The highest BCUT2D eigenvalue weighted by Crippen LogP contribution is 2.37. The van der Waals surface area contributed by atoms with E-state index in [-0.39, 0.29) is 10.1 Å². The summed E-state index contributed by atoms with van der Waals surface area (Å²) < 4.78 is 28.6. The lowest BCUT2D eigenvalue weighted by Gasteiger charge is -2.14. The number of nitrogens with zero attached hydrogens (tertiary/aromatic N) is 1. The first kappa shape index (κ1) is 20.5. The molecule has 1 fully saturated rings. The monoisotopic (exact) mass is 456 g/mol. The Balaban J connectivity index is 1.57. The summed E-state index contributed by atoms with van der Waals surface area (Å²) in [5, 5.41) is 4.95. The van der Waals surface area contributed by atoms with Crippen molar-refractivity contribution >= 4 is 56.0 Å². The SMILES string of the molecule is Cc1ccc(N2C(=O)SC(=Cc3ccc(-c4ccc(S(N)(=O)=O)cc4)o3)C2=S)cc1. The number of rotatable bonds is 4. The predicted molar refractivity (Wildman–Crippen MR) is 123 cm³/mol. The topological polar surface area (TPSA) is 93.6 Å². The number of anilines is 1. The maximum atomic E-state index is 12.5. The lowest BCUT2D eigenvalue weighted by Crippen LogP contribution is -2.26. The van der Waals surface area contributed by atoms with Gasteiger partial charge < -0.3 is 4.42 Å². The number of sulfonamides is 1. The standard InChI is InChI=1S/C21H16N2O4S3/c1-13-2-6-15(7-3-13)23-20(28)19(29-21(23)24)12-16-8-11-18(27-16)14-4-9-17(10-5-14)30(22,25)26/h2-12H,1H3,(H2,22,25,26). The molecular weight excluding hydrogens is 440 g/mol. The lowest BCUT2D eigenvalue weighted by atomic mass is 10.2. The van der Waals surface area contributed by atoms with Crippen LogP contribution in [0.15, 0.2) is 74.9 Å². The van der Waals surface area contributed by atoms with Crippen molar-refractivity contribution in [3.63, 3.8) is 0 Å². The van der Waals surface area contributed by atoms with Gasteiger partial charge in [0, 0.05) is 5.56 Å². The molecule has 0 atom stereocenters. The smallest absolute Gasteiger partial charge is 0.296 e. The van der Waals surface area contributed by atoms with Gasteiger partial charge in [-0.05, 0) is 73.3 Å². The van der Waals surface area contributed by atoms with E-state index in [0.29, 0.717) is 27.0 Å². The van der Waals surface area contributed by atoms with Crippen LogP contribution in [0.3, 0.4) is 0 Å². The highest BCUT2D eigenvalue weighted by molar-refractivity contribution is 8.20. The Hall–Kier alpha value is -2.72. The minimum absolute atomic E-state index is 0.0301. The van der Waals surface area contributed by atoms with Gasteiger partial charge in [-0.3, -0.25) is 9.69 Å². The molecule has 1 aliphatic rings. The highest BCUT2D eigenvalue weighted by atomic mass is 32.2. The largest absolute Gasteiger partial charge is 0.457 e. The Kier molecular flexibility index (Phi) is 5.37. The maximum absolute atomic E-state index is 12.5. The molecule has 152 valence electrons. The van der Waals surface area contributed by atoms with Crippen molar-refractivity contribution in [2.45, 2.75) is 11.8 Å². The van der Waals surface area contributed by atoms with Gasteiger partial charge in [0.2, 0.25) is 10.0 Å². The number of carbonyl (C=O) groups is 1. The molecule has 2 N–H and O–H groups in total. The van der Waals surface area contributed by atoms with Gasteiger partial charge in [0.15, 0.2) is 0 Å². The van der Waals surface area contributed by atoms with E-state index >= 15 is 0 Å². The van der Waals surface area contributed by atoms with Gasteiger partial charge in [0.25, 0.3) is 5.24 Å². The lowest BCUT2D eigenvalue weighted by molar-refractivity contribution is 0.268. The molecule has 0 aliphatic carbocycles. The summed E-state index contributed by atoms with van der Waals surface area (Å²) in [6.07, 6.45) is 1.72. The Labute approximate surface area is 183 Å². The van der Waals surface area contributed by atoms with Crippen LogP contribution in [-0.2, 0) is 10.0 Å². The molecule has 0 saturated carbocycles. The third-order valence-corrected chi connectivity index (χ3v) is 6.80. The number of aryl methyl sites for hydroxylation is 1. The number of benzene rings is 2. The van der Waals surface area contributed by atoms with Crippen molar-refractivity contribution < 1.29 is 17.6 Å². The molecule has 1 aliphatic heterocycles. The third-order valence-electron chi connectivity index (χ3n) is 4.45. The normalized spacial score (nSPS) is 15.9. The van der Waals surface area contributed by atoms with Crippen molar-refractivity contribution in [1.29, 1.82) is 0 Å². The molecule has 0 spiro atoms. The zero-order valence-electron chi connectivity index (χ0n) is 15.7. The molecule has 3 aromatic rings. The average Bonchev–Trinajstić information content (AvgIpc) is 3.27. The first-order chi connectivity index (χ1) is 14.2. The molecule has 2 heterocycles. The van der Waals surface area contributed by atoms with Gasteiger partial charge in [-0.15, -0.1) is 0 Å². The average molecular weight is 457 g/mol. The van der Waals surface area contributed by atoms with Crippen molar-refractivity contribution in [3.8, 4) is 11.3 Å². The number of nitrogens with two attached hydrogens (primary N) is 1. The second-order valence-corrected chi connectivity index (χ2v) is 9.57. The van der Waals surface area contributed by atoms with Gasteiger partial charge in [0.1, 0.15) is 16.5 Å². The van der Waals surface area contributed by atoms with E-state index in [0.717, 1.165) is 23.0 Å². The van der Waals surface area contributed by atoms with E-state index in [4.69, 9.17) is 21.8 Å². The summed E-state index contributed by atoms with van der Waals surface area (Å²) in [4.78, 5) is 15.1. The zero-order chi connectivity index (χ0) is 21.5. The second kappa shape index (κ2) is 7.84. The summed E-state index contributed by atoms with van der Waals surface area (Å²) in [7, 11) is -3.75. The summed E-state index contributed by atoms with van der Waals surface area (Å²) in [5.41, 5.74) is 2.52. The molecule has 0 bridgehead atoms. The zero-order valence-corrected chi connectivity index (χ0v) is 18.2. The fourth-order valence-electron chi connectivity index (χ4n) is 2.91. The Morgan fingerprint density at radius 1 is 1.03 bits per heavy atom. The Morgan fingerprint density at radius 2 is 1.70 bits per heavy atom. The van der Waals surface area contributed by atoms with E-state index in [1.54, 1.807) is 30.3 Å². The molecule has 30 heavy (non-hydrogen) atoms. The molecule has 1 aromatic heterocycles. The third kappa shape index (κ3) is 4.10. The van der Waals surface area contributed by atoms with Gasteiger partial charge >= 0.3 is 0 Å². The van der Waals surface area contributed by atoms with Crippen molar-refractivity contribution in [1.82, 2.24) is 0 Å². The van der Waals surface area contributed by atoms with Gasteiger partial charge in [-0.1, -0.05) is 29.9 Å². The number of furan rings is 1. The van der Waals surface area contributed by atoms with Crippen molar-refractivity contribution in [2.24, 2.45) is 5.14 Å². The number of hydrogen-bond acceptors (Lipinski definition) is 6. The van der Waals surface area contributed by atoms with Crippen LogP contribution >= 0.6 is 24.0 Å². The number of primary sulfonamides is 1. The summed E-state index contributed by atoms with van der Waals surface area (Å²) in [6, 6.07) is 17.2. The molecule has 0 unspecified atom stereocenters. The fraction of sp³-hybridized carbons (Fsp3) is 0.0476. The number of hydrogen-bond donors (Lipinski definition) is 1. The minimum atomic E-state index is -3.75.